The molecule has 0 bridgehead atoms. The average molecular weight is 637 g/mol. The highest BCUT2D eigenvalue weighted by atomic mass is 32.1. The first-order valence-electron chi connectivity index (χ1n) is 15.7. The Morgan fingerprint density at radius 1 is 0.543 bits per heavy atom. The molecule has 46 heavy (non-hydrogen) atoms. The van der Waals surface area contributed by atoms with Gasteiger partial charge in [-0.1, -0.05) is 127 Å². The zero-order valence-corrected chi connectivity index (χ0v) is 26.5. The zero-order chi connectivity index (χ0) is 31.4. The van der Waals surface area contributed by atoms with Crippen LogP contribution in [0.4, 0.5) is 0 Å². The van der Waals surface area contributed by atoms with E-state index in [1.165, 1.54) is 0 Å². The smallest absolute Gasteiger partial charge is 0.121 e. The summed E-state index contributed by atoms with van der Waals surface area (Å²) in [6, 6.07) is 44.3. The molecule has 6 atom stereocenters. The molecule has 0 radical (unpaired) electrons. The van der Waals surface area contributed by atoms with Crippen molar-refractivity contribution in [2.75, 3.05) is 6.61 Å². The van der Waals surface area contributed by atoms with Crippen molar-refractivity contribution in [3.05, 3.63) is 166 Å². The van der Waals surface area contributed by atoms with E-state index in [1.54, 1.807) is 11.3 Å². The van der Waals surface area contributed by atoms with Gasteiger partial charge in [-0.05, 0) is 33.7 Å². The van der Waals surface area contributed by atoms with Crippen LogP contribution in [-0.4, -0.2) is 42.2 Å². The van der Waals surface area contributed by atoms with Crippen molar-refractivity contribution in [1.29, 1.82) is 0 Å². The number of aliphatic hydroxyl groups excluding tert-OH is 1. The maximum Gasteiger partial charge on any atom is 0.121 e. The predicted octanol–water partition coefficient (Wildman–Crippen LogP) is 7.52. The standard InChI is InChI=1S/C39H40O6S/c40-24-33(41-25-29-14-5-1-6-15-29)35-37(42-26-30-16-7-2-8-17-30)39(44-28-32-20-11-4-12-21-32)38(36(45-35)34-22-13-23-46-34)43-27-31-18-9-3-10-19-31/h1-23,33,35-40H,24-28H2/t33-,35-,36-,37-,38-,39+/m1/s1. The number of thiophene rings is 1. The zero-order valence-electron chi connectivity index (χ0n) is 25.7. The van der Waals surface area contributed by atoms with E-state index in [1.807, 2.05) is 121 Å². The summed E-state index contributed by atoms with van der Waals surface area (Å²) >= 11 is 1.61. The van der Waals surface area contributed by atoms with Crippen LogP contribution in [0.15, 0.2) is 139 Å². The van der Waals surface area contributed by atoms with Gasteiger partial charge < -0.3 is 28.8 Å². The molecule has 6 rings (SSSR count). The fraction of sp³-hybridized carbons (Fsp3) is 0.282. The molecule has 1 N–H and O–H groups in total. The number of benzene rings is 4. The van der Waals surface area contributed by atoms with Gasteiger partial charge in [0.1, 0.15) is 36.6 Å². The van der Waals surface area contributed by atoms with Crippen molar-refractivity contribution >= 4 is 11.3 Å². The Kier molecular flexibility index (Phi) is 11.8. The quantitative estimate of drug-likeness (QED) is 0.128. The third-order valence-electron chi connectivity index (χ3n) is 8.11. The van der Waals surface area contributed by atoms with Gasteiger partial charge in [-0.2, -0.15) is 0 Å². The second-order valence-corrected chi connectivity index (χ2v) is 12.3. The summed E-state index contributed by atoms with van der Waals surface area (Å²) in [5, 5.41) is 12.8. The molecule has 1 aliphatic heterocycles. The van der Waals surface area contributed by atoms with E-state index in [2.05, 4.69) is 18.2 Å². The van der Waals surface area contributed by atoms with Gasteiger partial charge in [-0.15, -0.1) is 11.3 Å². The van der Waals surface area contributed by atoms with Gasteiger partial charge in [-0.25, -0.2) is 0 Å². The summed E-state index contributed by atoms with van der Waals surface area (Å²) in [5.41, 5.74) is 4.13. The summed E-state index contributed by atoms with van der Waals surface area (Å²) in [6.45, 7) is 1.15. The van der Waals surface area contributed by atoms with Gasteiger partial charge >= 0.3 is 0 Å². The molecule has 1 fully saturated rings. The van der Waals surface area contributed by atoms with Crippen LogP contribution in [0, 0.1) is 0 Å². The van der Waals surface area contributed by atoms with Crippen molar-refractivity contribution in [1.82, 2.24) is 0 Å². The predicted molar refractivity (Wildman–Crippen MR) is 179 cm³/mol. The van der Waals surface area contributed by atoms with E-state index in [4.69, 9.17) is 23.7 Å². The largest absolute Gasteiger partial charge is 0.394 e. The summed E-state index contributed by atoms with van der Waals surface area (Å²) in [4.78, 5) is 1.01. The van der Waals surface area contributed by atoms with Crippen LogP contribution < -0.4 is 0 Å². The molecule has 6 nitrogen and oxygen atoms in total. The van der Waals surface area contributed by atoms with E-state index in [0.717, 1.165) is 27.1 Å². The van der Waals surface area contributed by atoms with E-state index >= 15 is 0 Å². The molecular weight excluding hydrogens is 596 g/mol. The number of hydrogen-bond donors (Lipinski definition) is 1. The number of aliphatic hydroxyl groups is 1. The Bertz CT molecular complexity index is 1540. The summed E-state index contributed by atoms with van der Waals surface area (Å²) < 4.78 is 33.7. The molecule has 5 aromatic rings. The van der Waals surface area contributed by atoms with Crippen LogP contribution in [0.25, 0.3) is 0 Å². The molecule has 7 heteroatoms. The highest BCUT2D eigenvalue weighted by Crippen LogP contribution is 2.41. The number of hydrogen-bond acceptors (Lipinski definition) is 7. The topological polar surface area (TPSA) is 66.4 Å². The fourth-order valence-corrected chi connectivity index (χ4v) is 6.54. The Balaban J connectivity index is 1.36. The lowest BCUT2D eigenvalue weighted by atomic mass is 9.90. The highest BCUT2D eigenvalue weighted by molar-refractivity contribution is 7.10. The van der Waals surface area contributed by atoms with Crippen molar-refractivity contribution in [3.63, 3.8) is 0 Å². The van der Waals surface area contributed by atoms with Gasteiger partial charge in [0.25, 0.3) is 0 Å². The van der Waals surface area contributed by atoms with Crippen molar-refractivity contribution in [2.24, 2.45) is 0 Å². The minimum Gasteiger partial charge on any atom is -0.394 e. The van der Waals surface area contributed by atoms with Crippen LogP contribution in [0.1, 0.15) is 33.2 Å². The Hall–Kier alpha value is -3.66. The molecule has 0 saturated carbocycles. The maximum atomic E-state index is 10.8. The fourth-order valence-electron chi connectivity index (χ4n) is 5.74. The number of ether oxygens (including phenoxy) is 5. The van der Waals surface area contributed by atoms with E-state index in [0.29, 0.717) is 26.4 Å². The third-order valence-corrected chi connectivity index (χ3v) is 9.04. The first-order chi connectivity index (χ1) is 22.8. The van der Waals surface area contributed by atoms with Crippen LogP contribution in [-0.2, 0) is 50.1 Å². The molecule has 238 valence electrons. The lowest BCUT2D eigenvalue weighted by Gasteiger charge is -2.48. The molecule has 1 aliphatic rings. The lowest BCUT2D eigenvalue weighted by molar-refractivity contribution is -0.288. The minimum absolute atomic E-state index is 0.249. The third kappa shape index (κ3) is 8.57. The van der Waals surface area contributed by atoms with Crippen molar-refractivity contribution in [2.45, 2.75) is 63.1 Å². The average Bonchev–Trinajstić information content (AvgIpc) is 3.66. The van der Waals surface area contributed by atoms with Crippen LogP contribution in [0.3, 0.4) is 0 Å². The van der Waals surface area contributed by atoms with Gasteiger partial charge in [0, 0.05) is 4.88 Å². The maximum absolute atomic E-state index is 10.8. The first kappa shape index (κ1) is 32.3. The highest BCUT2D eigenvalue weighted by Gasteiger charge is 2.51. The molecule has 4 aromatic carbocycles. The normalized spacial score (nSPS) is 22.0. The monoisotopic (exact) mass is 636 g/mol. The Labute approximate surface area is 275 Å². The van der Waals surface area contributed by atoms with Gasteiger partial charge in [-0.3, -0.25) is 0 Å². The molecular formula is C39H40O6S. The summed E-state index contributed by atoms with van der Waals surface area (Å²) in [7, 11) is 0. The van der Waals surface area contributed by atoms with E-state index < -0.39 is 36.6 Å². The number of rotatable bonds is 15. The molecule has 0 unspecified atom stereocenters. The van der Waals surface area contributed by atoms with Gasteiger partial charge in [0.15, 0.2) is 0 Å². The van der Waals surface area contributed by atoms with E-state index in [-0.39, 0.29) is 6.61 Å². The van der Waals surface area contributed by atoms with E-state index in [9.17, 15) is 5.11 Å². The second kappa shape index (κ2) is 16.8. The minimum atomic E-state index is -0.679. The molecule has 0 spiro atoms. The van der Waals surface area contributed by atoms with Crippen molar-refractivity contribution < 1.29 is 28.8 Å². The second-order valence-electron chi connectivity index (χ2n) is 11.3. The lowest BCUT2D eigenvalue weighted by Crippen LogP contribution is -2.61. The molecule has 0 amide bonds. The first-order valence-corrected chi connectivity index (χ1v) is 16.6. The molecule has 2 heterocycles. The van der Waals surface area contributed by atoms with Gasteiger partial charge in [0.2, 0.25) is 0 Å². The van der Waals surface area contributed by atoms with Crippen LogP contribution in [0.2, 0.25) is 0 Å². The van der Waals surface area contributed by atoms with Gasteiger partial charge in [0.05, 0.1) is 33.0 Å². The summed E-state index contributed by atoms with van der Waals surface area (Å²) in [6.07, 6.45) is -3.47. The molecule has 1 aromatic heterocycles. The van der Waals surface area contributed by atoms with Crippen molar-refractivity contribution in [3.8, 4) is 0 Å². The Morgan fingerprint density at radius 3 is 1.46 bits per heavy atom. The molecule has 0 aliphatic carbocycles. The summed E-state index contributed by atoms with van der Waals surface area (Å²) in [5.74, 6) is 0. The SMILES string of the molecule is OC[C@@H](OCc1ccccc1)[C@H]1O[C@H](c2cccs2)[C@@H](OCc2ccccc2)[C@@H](OCc2ccccc2)[C@@H]1OCc1ccccc1. The molecule has 1 saturated heterocycles. The van der Waals surface area contributed by atoms with Crippen LogP contribution in [0.5, 0.6) is 0 Å². The Morgan fingerprint density at radius 2 is 1.00 bits per heavy atom. The van der Waals surface area contributed by atoms with Crippen LogP contribution >= 0.6 is 11.3 Å².